The molecule has 0 aromatic heterocycles. The van der Waals surface area contributed by atoms with Crippen LogP contribution in [0.15, 0.2) is 42.5 Å². The smallest absolute Gasteiger partial charge is 0.411 e. The summed E-state index contributed by atoms with van der Waals surface area (Å²) in [6.45, 7) is 5.17. The first kappa shape index (κ1) is 24.8. The first-order valence-electron chi connectivity index (χ1n) is 11.7. The summed E-state index contributed by atoms with van der Waals surface area (Å²) in [6.07, 6.45) is 0.291. The van der Waals surface area contributed by atoms with E-state index in [1.165, 1.54) is 7.11 Å². The van der Waals surface area contributed by atoms with Crippen molar-refractivity contribution < 1.29 is 19.1 Å². The van der Waals surface area contributed by atoms with Gasteiger partial charge in [-0.2, -0.15) is 0 Å². The molecular formula is C25H30ClN5O4. The van der Waals surface area contributed by atoms with Crippen LogP contribution in [0, 0.1) is 0 Å². The molecule has 0 radical (unpaired) electrons. The van der Waals surface area contributed by atoms with E-state index < -0.39 is 6.09 Å². The van der Waals surface area contributed by atoms with Gasteiger partial charge in [-0.25, -0.2) is 4.79 Å². The molecule has 0 bridgehead atoms. The van der Waals surface area contributed by atoms with Crippen molar-refractivity contribution in [3.8, 4) is 0 Å². The maximum Gasteiger partial charge on any atom is 0.411 e. The molecule has 2 N–H and O–H groups in total. The van der Waals surface area contributed by atoms with E-state index in [1.54, 1.807) is 41.3 Å². The van der Waals surface area contributed by atoms with Gasteiger partial charge in [0.15, 0.2) is 0 Å². The minimum Gasteiger partial charge on any atom is -0.453 e. The standard InChI is InChI=1S/C25H30ClN5O4/c1-35-25(34)28-21-17-19(24(33)30-10-3-8-27-9-11-30)6-7-22(21)29-12-14-31(15-13-29)23(32)18-4-2-5-20(26)16-18/h2,4-7,16-17,27H,3,8-15H2,1H3,(H,28,34). The van der Waals surface area contributed by atoms with Crippen molar-refractivity contribution in [2.75, 3.05) is 69.7 Å². The van der Waals surface area contributed by atoms with Gasteiger partial charge in [0.05, 0.1) is 18.5 Å². The van der Waals surface area contributed by atoms with Crippen LogP contribution in [-0.2, 0) is 4.74 Å². The Kier molecular flexibility index (Phi) is 8.09. The van der Waals surface area contributed by atoms with Crippen molar-refractivity contribution in [1.82, 2.24) is 15.1 Å². The molecule has 186 valence electrons. The van der Waals surface area contributed by atoms with E-state index in [-0.39, 0.29) is 11.8 Å². The van der Waals surface area contributed by atoms with Gasteiger partial charge >= 0.3 is 6.09 Å². The number of anilines is 2. The quantitative estimate of drug-likeness (QED) is 0.671. The molecule has 0 spiro atoms. The van der Waals surface area contributed by atoms with E-state index in [9.17, 15) is 14.4 Å². The zero-order valence-corrected chi connectivity index (χ0v) is 20.5. The highest BCUT2D eigenvalue weighted by Gasteiger charge is 2.25. The van der Waals surface area contributed by atoms with Gasteiger partial charge in [0.1, 0.15) is 0 Å². The average Bonchev–Trinajstić information content (AvgIpc) is 3.17. The number of halogens is 1. The highest BCUT2D eigenvalue weighted by atomic mass is 35.5. The molecule has 2 aliphatic heterocycles. The van der Waals surface area contributed by atoms with Crippen molar-refractivity contribution in [3.05, 3.63) is 58.6 Å². The molecule has 0 aliphatic carbocycles. The topological polar surface area (TPSA) is 94.2 Å². The number of carbonyl (C=O) groups is 3. The van der Waals surface area contributed by atoms with Crippen molar-refractivity contribution >= 4 is 40.9 Å². The van der Waals surface area contributed by atoms with Crippen LogP contribution in [0.1, 0.15) is 27.1 Å². The molecular weight excluding hydrogens is 470 g/mol. The molecule has 3 amide bonds. The van der Waals surface area contributed by atoms with E-state index in [1.807, 2.05) is 11.0 Å². The Morgan fingerprint density at radius 1 is 0.886 bits per heavy atom. The predicted octanol–water partition coefficient (Wildman–Crippen LogP) is 2.92. The van der Waals surface area contributed by atoms with Crippen molar-refractivity contribution in [2.24, 2.45) is 0 Å². The number of nitrogens with one attached hydrogen (secondary N) is 2. The predicted molar refractivity (Wildman–Crippen MR) is 135 cm³/mol. The summed E-state index contributed by atoms with van der Waals surface area (Å²) in [5.74, 6) is -0.127. The summed E-state index contributed by atoms with van der Waals surface area (Å²) in [5.41, 5.74) is 2.35. The lowest BCUT2D eigenvalue weighted by Crippen LogP contribution is -2.49. The average molecular weight is 500 g/mol. The number of amides is 3. The summed E-state index contributed by atoms with van der Waals surface area (Å²) >= 11 is 6.04. The monoisotopic (exact) mass is 499 g/mol. The fourth-order valence-corrected chi connectivity index (χ4v) is 4.58. The van der Waals surface area contributed by atoms with Crippen molar-refractivity contribution in [2.45, 2.75) is 6.42 Å². The molecule has 0 atom stereocenters. The third-order valence-corrected chi connectivity index (χ3v) is 6.51. The number of carbonyl (C=O) groups excluding carboxylic acids is 3. The Balaban J connectivity index is 1.50. The van der Waals surface area contributed by atoms with Crippen molar-refractivity contribution in [1.29, 1.82) is 0 Å². The molecule has 0 unspecified atom stereocenters. The van der Waals surface area contributed by atoms with Gasteiger partial charge in [-0.05, 0) is 49.4 Å². The Hall–Kier alpha value is -3.30. The van der Waals surface area contributed by atoms with Crippen LogP contribution < -0.4 is 15.5 Å². The molecule has 2 aliphatic rings. The zero-order chi connectivity index (χ0) is 24.8. The summed E-state index contributed by atoms with van der Waals surface area (Å²) in [7, 11) is 1.30. The number of ether oxygens (including phenoxy) is 1. The lowest BCUT2D eigenvalue weighted by Gasteiger charge is -2.37. The second-order valence-electron chi connectivity index (χ2n) is 8.53. The highest BCUT2D eigenvalue weighted by Crippen LogP contribution is 2.29. The fraction of sp³-hybridized carbons (Fsp3) is 0.400. The fourth-order valence-electron chi connectivity index (χ4n) is 4.39. The lowest BCUT2D eigenvalue weighted by molar-refractivity contribution is 0.0743. The Bertz CT molecular complexity index is 1080. The second kappa shape index (κ2) is 11.4. The third kappa shape index (κ3) is 6.04. The molecule has 9 nitrogen and oxygen atoms in total. The number of methoxy groups -OCH3 is 1. The summed E-state index contributed by atoms with van der Waals surface area (Å²) in [4.78, 5) is 43.7. The minimum absolute atomic E-state index is 0.0621. The summed E-state index contributed by atoms with van der Waals surface area (Å²) in [6, 6.07) is 12.3. The van der Waals surface area contributed by atoms with Crippen LogP contribution in [0.25, 0.3) is 0 Å². The maximum absolute atomic E-state index is 13.1. The number of hydrogen-bond donors (Lipinski definition) is 2. The first-order chi connectivity index (χ1) is 17.0. The summed E-state index contributed by atoms with van der Waals surface area (Å²) < 4.78 is 4.80. The van der Waals surface area contributed by atoms with E-state index in [2.05, 4.69) is 15.5 Å². The van der Waals surface area contributed by atoms with Gasteiger partial charge in [0.2, 0.25) is 0 Å². The molecule has 2 fully saturated rings. The number of hydrogen-bond acceptors (Lipinski definition) is 6. The van der Waals surface area contributed by atoms with Crippen molar-refractivity contribution in [3.63, 3.8) is 0 Å². The van der Waals surface area contributed by atoms with E-state index >= 15 is 0 Å². The van der Waals surface area contributed by atoms with E-state index in [0.29, 0.717) is 61.1 Å². The van der Waals surface area contributed by atoms with Crippen LogP contribution in [0.3, 0.4) is 0 Å². The zero-order valence-electron chi connectivity index (χ0n) is 19.8. The maximum atomic E-state index is 13.1. The second-order valence-corrected chi connectivity index (χ2v) is 8.97. The van der Waals surface area contributed by atoms with Gasteiger partial charge < -0.3 is 24.8 Å². The number of piperazine rings is 1. The van der Waals surface area contributed by atoms with Gasteiger partial charge in [-0.1, -0.05) is 17.7 Å². The number of benzene rings is 2. The molecule has 0 saturated carbocycles. The van der Waals surface area contributed by atoms with Crippen LogP contribution in [-0.4, -0.2) is 87.2 Å². The van der Waals surface area contributed by atoms with Gasteiger partial charge in [0.25, 0.3) is 11.8 Å². The van der Waals surface area contributed by atoms with Crippen LogP contribution in [0.4, 0.5) is 16.2 Å². The Morgan fingerprint density at radius 3 is 2.31 bits per heavy atom. The third-order valence-electron chi connectivity index (χ3n) is 6.27. The number of nitrogens with zero attached hydrogens (tertiary/aromatic N) is 3. The molecule has 4 rings (SSSR count). The van der Waals surface area contributed by atoms with Gasteiger partial charge in [-0.3, -0.25) is 14.9 Å². The van der Waals surface area contributed by atoms with Crippen LogP contribution >= 0.6 is 11.6 Å². The van der Waals surface area contributed by atoms with Crippen LogP contribution in [0.2, 0.25) is 5.02 Å². The summed E-state index contributed by atoms with van der Waals surface area (Å²) in [5, 5.41) is 6.58. The Morgan fingerprint density at radius 2 is 1.60 bits per heavy atom. The lowest BCUT2D eigenvalue weighted by atomic mass is 10.1. The highest BCUT2D eigenvalue weighted by molar-refractivity contribution is 6.31. The SMILES string of the molecule is COC(=O)Nc1cc(C(=O)N2CCCNCC2)ccc1N1CCN(C(=O)c2cccc(Cl)c2)CC1. The number of rotatable bonds is 4. The van der Waals surface area contributed by atoms with Gasteiger partial charge in [0, 0.05) is 62.0 Å². The molecule has 2 saturated heterocycles. The van der Waals surface area contributed by atoms with E-state index in [0.717, 1.165) is 25.2 Å². The first-order valence-corrected chi connectivity index (χ1v) is 12.1. The molecule has 35 heavy (non-hydrogen) atoms. The largest absolute Gasteiger partial charge is 0.453 e. The molecule has 10 heteroatoms. The van der Waals surface area contributed by atoms with Gasteiger partial charge in [-0.15, -0.1) is 0 Å². The Labute approximate surface area is 210 Å². The molecule has 2 aromatic rings. The minimum atomic E-state index is -0.607. The van der Waals surface area contributed by atoms with E-state index in [4.69, 9.17) is 16.3 Å². The van der Waals surface area contributed by atoms with Crippen LogP contribution in [0.5, 0.6) is 0 Å². The molecule has 2 aromatic carbocycles. The normalized spacial score (nSPS) is 16.5. The molecule has 2 heterocycles.